The van der Waals surface area contributed by atoms with Crippen LogP contribution in [-0.4, -0.2) is 42.1 Å². The first-order valence-corrected chi connectivity index (χ1v) is 9.12. The Hall–Kier alpha value is -1.08. The maximum atomic E-state index is 12.7. The van der Waals surface area contributed by atoms with Gasteiger partial charge in [-0.2, -0.15) is 0 Å². The fraction of sp³-hybridized carbons (Fsp3) is 0.500. The Morgan fingerprint density at radius 2 is 2.00 bits per heavy atom. The third kappa shape index (κ3) is 3.47. The molecule has 4 heterocycles. The number of thiophene rings is 1. The lowest BCUT2D eigenvalue weighted by atomic mass is 9.92. The number of fused-ring (bicyclic) bond motifs is 1. The third-order valence-electron chi connectivity index (χ3n) is 4.85. The number of nitrogens with one attached hydrogen (secondary N) is 1. The van der Waals surface area contributed by atoms with E-state index in [0.29, 0.717) is 27.6 Å². The van der Waals surface area contributed by atoms with E-state index in [0.717, 1.165) is 43.9 Å². The van der Waals surface area contributed by atoms with Crippen molar-refractivity contribution in [2.75, 3.05) is 26.2 Å². The van der Waals surface area contributed by atoms with Crippen LogP contribution in [0.15, 0.2) is 22.7 Å². The zero-order valence-corrected chi connectivity index (χ0v) is 15.4. The summed E-state index contributed by atoms with van der Waals surface area (Å²) in [7, 11) is 0. The standard InChI is InChI=1S/C16H18ClN3O2S.ClH/c17-15-2-1-14(23-15)13-7-12(19-22-13)16(21)20-5-3-10-8-18-9-11(10)4-6-20;/h1-2,7,10-11,18H,3-6,8-9H2;1H/t10-,11+;. The lowest BCUT2D eigenvalue weighted by Crippen LogP contribution is -2.32. The van der Waals surface area contributed by atoms with Gasteiger partial charge in [0.05, 0.1) is 9.21 Å². The molecule has 0 saturated carbocycles. The second-order valence-electron chi connectivity index (χ2n) is 6.23. The highest BCUT2D eigenvalue weighted by Crippen LogP contribution is 2.32. The van der Waals surface area contributed by atoms with E-state index >= 15 is 0 Å². The molecule has 0 radical (unpaired) electrons. The zero-order chi connectivity index (χ0) is 15.8. The van der Waals surface area contributed by atoms with Gasteiger partial charge in [-0.05, 0) is 49.9 Å². The van der Waals surface area contributed by atoms with Crippen molar-refractivity contribution >= 4 is 41.3 Å². The van der Waals surface area contributed by atoms with Crippen molar-refractivity contribution in [3.63, 3.8) is 0 Å². The number of halogens is 2. The van der Waals surface area contributed by atoms with E-state index in [1.807, 2.05) is 17.0 Å². The van der Waals surface area contributed by atoms with Crippen molar-refractivity contribution in [2.45, 2.75) is 12.8 Å². The summed E-state index contributed by atoms with van der Waals surface area (Å²) < 4.78 is 6.02. The number of aromatic nitrogens is 1. The molecule has 2 saturated heterocycles. The van der Waals surface area contributed by atoms with Crippen molar-refractivity contribution in [3.8, 4) is 10.6 Å². The van der Waals surface area contributed by atoms with Gasteiger partial charge in [0, 0.05) is 19.2 Å². The van der Waals surface area contributed by atoms with Crippen LogP contribution in [0, 0.1) is 11.8 Å². The van der Waals surface area contributed by atoms with Crippen molar-refractivity contribution in [1.29, 1.82) is 0 Å². The second-order valence-corrected chi connectivity index (χ2v) is 7.94. The van der Waals surface area contributed by atoms with Crippen LogP contribution in [0.5, 0.6) is 0 Å². The summed E-state index contributed by atoms with van der Waals surface area (Å²) in [5.41, 5.74) is 0.384. The first kappa shape index (κ1) is 17.7. The van der Waals surface area contributed by atoms with Crippen LogP contribution in [0.3, 0.4) is 0 Å². The van der Waals surface area contributed by atoms with Gasteiger partial charge in [-0.3, -0.25) is 4.79 Å². The summed E-state index contributed by atoms with van der Waals surface area (Å²) >= 11 is 7.36. The minimum Gasteiger partial charge on any atom is -0.355 e. The number of hydrogen-bond acceptors (Lipinski definition) is 5. The summed E-state index contributed by atoms with van der Waals surface area (Å²) in [5.74, 6) is 1.97. The molecule has 130 valence electrons. The monoisotopic (exact) mass is 387 g/mol. The second kappa shape index (κ2) is 7.44. The molecule has 2 aromatic rings. The smallest absolute Gasteiger partial charge is 0.276 e. The van der Waals surface area contributed by atoms with Gasteiger partial charge >= 0.3 is 0 Å². The maximum absolute atomic E-state index is 12.7. The lowest BCUT2D eigenvalue weighted by molar-refractivity contribution is 0.0748. The minimum atomic E-state index is -0.0319. The first-order valence-electron chi connectivity index (χ1n) is 7.93. The molecular weight excluding hydrogens is 369 g/mol. The molecule has 2 atom stereocenters. The molecule has 5 nitrogen and oxygen atoms in total. The number of hydrogen-bond donors (Lipinski definition) is 1. The van der Waals surface area contributed by atoms with Crippen LogP contribution >= 0.6 is 35.3 Å². The van der Waals surface area contributed by atoms with Gasteiger partial charge in [0.15, 0.2) is 11.5 Å². The number of rotatable bonds is 2. The molecule has 0 aromatic carbocycles. The van der Waals surface area contributed by atoms with Crippen molar-refractivity contribution < 1.29 is 9.32 Å². The fourth-order valence-corrected chi connectivity index (χ4v) is 4.51. The van der Waals surface area contributed by atoms with Gasteiger partial charge in [0.1, 0.15) is 0 Å². The van der Waals surface area contributed by atoms with E-state index in [1.165, 1.54) is 11.3 Å². The molecule has 0 aliphatic carbocycles. The van der Waals surface area contributed by atoms with Gasteiger partial charge in [0.25, 0.3) is 5.91 Å². The average Bonchev–Trinajstić information content (AvgIpc) is 3.26. The van der Waals surface area contributed by atoms with Crippen molar-refractivity contribution in [3.05, 3.63) is 28.2 Å². The Labute approximate surface area is 155 Å². The summed E-state index contributed by atoms with van der Waals surface area (Å²) in [6.45, 7) is 3.77. The average molecular weight is 388 g/mol. The number of likely N-dealkylation sites (tertiary alicyclic amines) is 1. The number of carbonyl (C=O) groups excluding carboxylic acids is 1. The number of nitrogens with zero attached hydrogens (tertiary/aromatic N) is 2. The summed E-state index contributed by atoms with van der Waals surface area (Å²) in [6.07, 6.45) is 2.13. The summed E-state index contributed by atoms with van der Waals surface area (Å²) in [4.78, 5) is 15.5. The molecule has 0 unspecified atom stereocenters. The Kier molecular flexibility index (Phi) is 5.49. The quantitative estimate of drug-likeness (QED) is 0.855. The highest BCUT2D eigenvalue weighted by molar-refractivity contribution is 7.19. The van der Waals surface area contributed by atoms with Crippen molar-refractivity contribution in [1.82, 2.24) is 15.4 Å². The molecule has 2 aliphatic rings. The molecule has 4 rings (SSSR count). The fourth-order valence-electron chi connectivity index (χ4n) is 3.52. The van der Waals surface area contributed by atoms with Crippen LogP contribution in [-0.2, 0) is 0 Å². The normalized spacial score (nSPS) is 23.5. The molecule has 1 amide bonds. The van der Waals surface area contributed by atoms with Gasteiger partial charge < -0.3 is 14.7 Å². The molecule has 0 spiro atoms. The largest absolute Gasteiger partial charge is 0.355 e. The van der Waals surface area contributed by atoms with Crippen molar-refractivity contribution in [2.24, 2.45) is 11.8 Å². The lowest BCUT2D eigenvalue weighted by Gasteiger charge is -2.19. The molecule has 2 fully saturated rings. The minimum absolute atomic E-state index is 0. The maximum Gasteiger partial charge on any atom is 0.276 e. The van der Waals surface area contributed by atoms with Gasteiger partial charge in [0.2, 0.25) is 0 Å². The highest BCUT2D eigenvalue weighted by atomic mass is 35.5. The van der Waals surface area contributed by atoms with Gasteiger partial charge in [-0.15, -0.1) is 23.7 Å². The Balaban J connectivity index is 0.00000169. The van der Waals surface area contributed by atoms with E-state index in [9.17, 15) is 4.79 Å². The molecular formula is C16H19Cl2N3O2S. The topological polar surface area (TPSA) is 58.4 Å². The molecule has 1 N–H and O–H groups in total. The van der Waals surface area contributed by atoms with E-state index in [2.05, 4.69) is 10.5 Å². The van der Waals surface area contributed by atoms with Crippen LogP contribution < -0.4 is 5.32 Å². The molecule has 2 aliphatic heterocycles. The predicted molar refractivity (Wildman–Crippen MR) is 97.1 cm³/mol. The number of carbonyl (C=O) groups is 1. The SMILES string of the molecule is Cl.O=C(c1cc(-c2ccc(Cl)s2)on1)N1CC[C@@H]2CNC[C@@H]2CC1. The van der Waals surface area contributed by atoms with E-state index in [-0.39, 0.29) is 18.3 Å². The van der Waals surface area contributed by atoms with Crippen LogP contribution in [0.1, 0.15) is 23.3 Å². The molecule has 0 bridgehead atoms. The van der Waals surface area contributed by atoms with E-state index in [4.69, 9.17) is 16.1 Å². The van der Waals surface area contributed by atoms with Gasteiger partial charge in [-0.25, -0.2) is 0 Å². The van der Waals surface area contributed by atoms with Gasteiger partial charge in [-0.1, -0.05) is 16.8 Å². The Morgan fingerprint density at radius 3 is 2.62 bits per heavy atom. The molecule has 2 aromatic heterocycles. The Bertz CT molecular complexity index is 704. The highest BCUT2D eigenvalue weighted by Gasteiger charge is 2.32. The predicted octanol–water partition coefficient (Wildman–Crippen LogP) is 3.55. The zero-order valence-electron chi connectivity index (χ0n) is 13.0. The summed E-state index contributed by atoms with van der Waals surface area (Å²) in [6, 6.07) is 5.41. The molecule has 8 heteroatoms. The van der Waals surface area contributed by atoms with E-state index < -0.39 is 0 Å². The van der Waals surface area contributed by atoms with Crippen LogP contribution in [0.2, 0.25) is 4.34 Å². The third-order valence-corrected chi connectivity index (χ3v) is 6.10. The first-order chi connectivity index (χ1) is 11.2. The van der Waals surface area contributed by atoms with Crippen LogP contribution in [0.25, 0.3) is 10.6 Å². The van der Waals surface area contributed by atoms with Crippen LogP contribution in [0.4, 0.5) is 0 Å². The molecule has 24 heavy (non-hydrogen) atoms. The summed E-state index contributed by atoms with van der Waals surface area (Å²) in [5, 5.41) is 7.42. The Morgan fingerprint density at radius 1 is 1.29 bits per heavy atom. The van der Waals surface area contributed by atoms with E-state index in [1.54, 1.807) is 6.07 Å². The number of amides is 1.